The van der Waals surface area contributed by atoms with Crippen molar-refractivity contribution in [2.45, 2.75) is 45.3 Å². The fraction of sp³-hybridized carbons (Fsp3) is 1.00. The lowest BCUT2D eigenvalue weighted by molar-refractivity contribution is -0.0616. The molecular weight excluding hydrogens is 200 g/mol. The van der Waals surface area contributed by atoms with E-state index in [9.17, 15) is 0 Å². The third kappa shape index (κ3) is 2.58. The molecule has 0 amide bonds. The summed E-state index contributed by atoms with van der Waals surface area (Å²) in [6.45, 7) is 8.56. The number of hydrogen-bond acceptors (Lipinski definition) is 3. The first-order chi connectivity index (χ1) is 7.72. The first-order valence-electron chi connectivity index (χ1n) is 6.78. The lowest BCUT2D eigenvalue weighted by Crippen LogP contribution is -2.51. The number of ether oxygens (including phenoxy) is 1. The van der Waals surface area contributed by atoms with Crippen molar-refractivity contribution in [3.63, 3.8) is 0 Å². The summed E-state index contributed by atoms with van der Waals surface area (Å²) in [6.07, 6.45) is 4.43. The summed E-state index contributed by atoms with van der Waals surface area (Å²) >= 11 is 0. The van der Waals surface area contributed by atoms with Crippen LogP contribution in [0.4, 0.5) is 0 Å². The summed E-state index contributed by atoms with van der Waals surface area (Å²) in [4.78, 5) is 2.64. The Hall–Kier alpha value is -0.120. The predicted octanol–water partition coefficient (Wildman–Crippen LogP) is 1.47. The highest BCUT2D eigenvalue weighted by atomic mass is 16.5. The second-order valence-electron chi connectivity index (χ2n) is 5.64. The van der Waals surface area contributed by atoms with Crippen LogP contribution in [0.2, 0.25) is 0 Å². The van der Waals surface area contributed by atoms with Crippen LogP contribution >= 0.6 is 0 Å². The van der Waals surface area contributed by atoms with Crippen molar-refractivity contribution in [1.82, 2.24) is 4.90 Å². The minimum Gasteiger partial charge on any atom is -0.375 e. The van der Waals surface area contributed by atoms with Gasteiger partial charge in [-0.3, -0.25) is 4.90 Å². The molecule has 1 saturated carbocycles. The Balaban J connectivity index is 1.92. The Labute approximate surface area is 99.3 Å². The lowest BCUT2D eigenvalue weighted by Gasteiger charge is -2.40. The van der Waals surface area contributed by atoms with Gasteiger partial charge >= 0.3 is 0 Å². The molecule has 0 aromatic rings. The van der Waals surface area contributed by atoms with E-state index in [0.29, 0.717) is 24.0 Å². The van der Waals surface area contributed by atoms with Crippen molar-refractivity contribution in [2.24, 2.45) is 17.6 Å². The number of hydrogen-bond donors (Lipinski definition) is 1. The Morgan fingerprint density at radius 3 is 2.88 bits per heavy atom. The largest absolute Gasteiger partial charge is 0.375 e. The molecule has 0 radical (unpaired) electrons. The first kappa shape index (κ1) is 12.3. The number of nitrogens with two attached hydrogens (primary N) is 1. The van der Waals surface area contributed by atoms with Gasteiger partial charge in [-0.15, -0.1) is 0 Å². The van der Waals surface area contributed by atoms with Crippen molar-refractivity contribution < 1.29 is 4.74 Å². The first-order valence-corrected chi connectivity index (χ1v) is 6.78. The Morgan fingerprint density at radius 2 is 2.19 bits per heavy atom. The standard InChI is InChI=1S/C13H26N2O/c1-10(2)11(8-14)9-15-6-7-16-13-5-3-4-12(13)15/h10-13H,3-9,14H2,1-2H3. The molecule has 1 heterocycles. The molecule has 2 N–H and O–H groups in total. The average molecular weight is 226 g/mol. The van der Waals surface area contributed by atoms with Crippen LogP contribution in [0.15, 0.2) is 0 Å². The highest BCUT2D eigenvalue weighted by Gasteiger charge is 2.36. The van der Waals surface area contributed by atoms with Crippen molar-refractivity contribution in [3.05, 3.63) is 0 Å². The third-order valence-corrected chi connectivity index (χ3v) is 4.31. The fourth-order valence-corrected chi connectivity index (χ4v) is 3.09. The smallest absolute Gasteiger partial charge is 0.0730 e. The van der Waals surface area contributed by atoms with Crippen LogP contribution in [0, 0.1) is 11.8 Å². The summed E-state index contributed by atoms with van der Waals surface area (Å²) in [5.41, 5.74) is 5.87. The van der Waals surface area contributed by atoms with Crippen molar-refractivity contribution >= 4 is 0 Å². The number of nitrogens with zero attached hydrogens (tertiary/aromatic N) is 1. The molecule has 0 bridgehead atoms. The molecule has 0 aromatic carbocycles. The van der Waals surface area contributed by atoms with Gasteiger partial charge in [-0.25, -0.2) is 0 Å². The van der Waals surface area contributed by atoms with E-state index in [1.54, 1.807) is 0 Å². The molecule has 3 heteroatoms. The van der Waals surface area contributed by atoms with E-state index < -0.39 is 0 Å². The van der Waals surface area contributed by atoms with Crippen LogP contribution in [0.1, 0.15) is 33.1 Å². The van der Waals surface area contributed by atoms with Gasteiger partial charge in [-0.1, -0.05) is 13.8 Å². The van der Waals surface area contributed by atoms with Gasteiger partial charge in [0.05, 0.1) is 12.7 Å². The molecule has 2 aliphatic rings. The summed E-state index contributed by atoms with van der Waals surface area (Å²) in [7, 11) is 0. The molecule has 2 fully saturated rings. The van der Waals surface area contributed by atoms with Crippen LogP contribution < -0.4 is 5.73 Å². The molecular formula is C13H26N2O. The predicted molar refractivity (Wildman–Crippen MR) is 66.3 cm³/mol. The van der Waals surface area contributed by atoms with E-state index >= 15 is 0 Å². The molecule has 3 nitrogen and oxygen atoms in total. The maximum Gasteiger partial charge on any atom is 0.0730 e. The number of rotatable bonds is 4. The third-order valence-electron chi connectivity index (χ3n) is 4.31. The average Bonchev–Trinajstić information content (AvgIpc) is 2.73. The number of fused-ring (bicyclic) bond motifs is 1. The molecule has 0 spiro atoms. The number of morpholine rings is 1. The summed E-state index contributed by atoms with van der Waals surface area (Å²) in [5.74, 6) is 1.33. The highest BCUT2D eigenvalue weighted by Crippen LogP contribution is 2.30. The van der Waals surface area contributed by atoms with Crippen LogP contribution in [0.5, 0.6) is 0 Å². The summed E-state index contributed by atoms with van der Waals surface area (Å²) in [6, 6.07) is 0.682. The van der Waals surface area contributed by atoms with Crippen molar-refractivity contribution in [1.29, 1.82) is 0 Å². The van der Waals surface area contributed by atoms with Gasteiger partial charge in [0.25, 0.3) is 0 Å². The van der Waals surface area contributed by atoms with Crippen LogP contribution in [0.3, 0.4) is 0 Å². The molecule has 1 aliphatic carbocycles. The molecule has 3 unspecified atom stereocenters. The van der Waals surface area contributed by atoms with Gasteiger partial charge in [0, 0.05) is 19.1 Å². The second kappa shape index (κ2) is 5.48. The van der Waals surface area contributed by atoms with Gasteiger partial charge in [0.2, 0.25) is 0 Å². The van der Waals surface area contributed by atoms with Crippen molar-refractivity contribution in [2.75, 3.05) is 26.2 Å². The maximum absolute atomic E-state index is 5.87. The van der Waals surface area contributed by atoms with E-state index in [4.69, 9.17) is 10.5 Å². The monoisotopic (exact) mass is 226 g/mol. The molecule has 1 saturated heterocycles. The zero-order valence-electron chi connectivity index (χ0n) is 10.7. The molecule has 2 rings (SSSR count). The quantitative estimate of drug-likeness (QED) is 0.789. The fourth-order valence-electron chi connectivity index (χ4n) is 3.09. The maximum atomic E-state index is 5.87. The SMILES string of the molecule is CC(C)C(CN)CN1CCOC2CCCC21. The normalized spacial score (nSPS) is 33.0. The van der Waals surface area contributed by atoms with Gasteiger partial charge in [0.15, 0.2) is 0 Å². The van der Waals surface area contributed by atoms with E-state index in [1.807, 2.05) is 0 Å². The van der Waals surface area contributed by atoms with E-state index in [1.165, 1.54) is 25.8 Å². The summed E-state index contributed by atoms with van der Waals surface area (Å²) in [5, 5.41) is 0. The van der Waals surface area contributed by atoms with E-state index in [0.717, 1.165) is 19.7 Å². The Kier molecular flexibility index (Phi) is 4.22. The molecule has 1 aliphatic heterocycles. The topological polar surface area (TPSA) is 38.5 Å². The van der Waals surface area contributed by atoms with E-state index in [-0.39, 0.29) is 0 Å². The van der Waals surface area contributed by atoms with Gasteiger partial charge in [-0.05, 0) is 37.6 Å². The van der Waals surface area contributed by atoms with E-state index in [2.05, 4.69) is 18.7 Å². The molecule has 3 atom stereocenters. The molecule has 94 valence electrons. The lowest BCUT2D eigenvalue weighted by atomic mass is 9.94. The van der Waals surface area contributed by atoms with Crippen LogP contribution in [0.25, 0.3) is 0 Å². The highest BCUT2D eigenvalue weighted by molar-refractivity contribution is 4.90. The van der Waals surface area contributed by atoms with Gasteiger partial charge < -0.3 is 10.5 Å². The molecule has 16 heavy (non-hydrogen) atoms. The zero-order chi connectivity index (χ0) is 11.5. The Bertz CT molecular complexity index is 220. The minimum absolute atomic E-state index is 0.513. The zero-order valence-corrected chi connectivity index (χ0v) is 10.7. The van der Waals surface area contributed by atoms with Crippen molar-refractivity contribution in [3.8, 4) is 0 Å². The minimum atomic E-state index is 0.513. The Morgan fingerprint density at radius 1 is 1.38 bits per heavy atom. The van der Waals surface area contributed by atoms with Crippen LogP contribution in [-0.4, -0.2) is 43.3 Å². The second-order valence-corrected chi connectivity index (χ2v) is 5.64. The van der Waals surface area contributed by atoms with Gasteiger partial charge in [0.1, 0.15) is 0 Å². The van der Waals surface area contributed by atoms with Gasteiger partial charge in [-0.2, -0.15) is 0 Å². The molecule has 0 aromatic heterocycles. The van der Waals surface area contributed by atoms with Crippen LogP contribution in [-0.2, 0) is 4.74 Å². The summed E-state index contributed by atoms with van der Waals surface area (Å²) < 4.78 is 5.83.